The number of sulfone groups is 1. The minimum atomic E-state index is -5.47. The number of nitrogens with zero attached hydrogens (tertiary/aromatic N) is 1. The van der Waals surface area contributed by atoms with Gasteiger partial charge in [0.2, 0.25) is 0 Å². The minimum absolute atomic E-state index is 0.168. The quantitative estimate of drug-likeness (QED) is 0.128. The molecule has 0 bridgehead atoms. The van der Waals surface area contributed by atoms with E-state index in [4.69, 9.17) is 9.84 Å². The van der Waals surface area contributed by atoms with Crippen molar-refractivity contribution < 1.29 is 36.2 Å². The van der Waals surface area contributed by atoms with Crippen LogP contribution in [0.25, 0.3) is 28.1 Å². The van der Waals surface area contributed by atoms with Crippen LogP contribution in [-0.2, 0) is 14.6 Å². The number of hydrogen-bond donors (Lipinski definition) is 2. The molecule has 1 heterocycles. The number of carboxylic acid groups (broad SMARTS) is 1. The molecule has 224 valence electrons. The Morgan fingerprint density at radius 3 is 2.27 bits per heavy atom. The molecule has 0 saturated carbocycles. The van der Waals surface area contributed by atoms with Gasteiger partial charge in [0.15, 0.2) is 0 Å². The highest BCUT2D eigenvalue weighted by Gasteiger charge is 2.46. The first-order valence-electron chi connectivity index (χ1n) is 13.3. The van der Waals surface area contributed by atoms with Gasteiger partial charge in [0.1, 0.15) is 11.5 Å². The van der Waals surface area contributed by atoms with Crippen molar-refractivity contribution in [2.24, 2.45) is 0 Å². The topological polar surface area (TPSA) is 109 Å². The van der Waals surface area contributed by atoms with Gasteiger partial charge in [-0.25, -0.2) is 13.2 Å². The molecule has 0 spiro atoms. The van der Waals surface area contributed by atoms with E-state index in [0.29, 0.717) is 12.2 Å². The van der Waals surface area contributed by atoms with Gasteiger partial charge in [-0.1, -0.05) is 49.4 Å². The van der Waals surface area contributed by atoms with Gasteiger partial charge in [0.25, 0.3) is 9.84 Å². The SMILES string of the molecule is CCC(=C(c1ccc(C=CC(=O)O)cc1)c1ccc2[nH]ncc2c1)c1cccc(Oc2ccc(S(=O)(=O)C(F)(F)F)cc2)c1. The molecular weight excluding hydrogens is 593 g/mol. The smallest absolute Gasteiger partial charge is 0.478 e. The van der Waals surface area contributed by atoms with E-state index in [0.717, 1.165) is 62.5 Å². The summed E-state index contributed by atoms with van der Waals surface area (Å²) in [5, 5.41) is 17.0. The standard InChI is InChI=1S/C33H25F3N2O5S/c1-2-29(23-4-3-5-27(19-23)43-26-12-14-28(15-13-26)44(41,42)33(34,35)36)32(24-11-16-30-25(18-24)20-37-38-30)22-9-6-21(7-10-22)8-17-31(39)40/h3-20H,2H2,1H3,(H,37,38)(H,39,40). The Morgan fingerprint density at radius 1 is 0.909 bits per heavy atom. The second-order valence-corrected chi connectivity index (χ2v) is 11.7. The highest BCUT2D eigenvalue weighted by Crippen LogP contribution is 2.37. The number of hydrogen-bond acceptors (Lipinski definition) is 5. The second-order valence-electron chi connectivity index (χ2n) is 9.72. The summed E-state index contributed by atoms with van der Waals surface area (Å²) in [5.74, 6) is -0.472. The van der Waals surface area contributed by atoms with Gasteiger partial charge < -0.3 is 9.84 Å². The maximum Gasteiger partial charge on any atom is 0.501 e. The third-order valence-electron chi connectivity index (χ3n) is 6.86. The van der Waals surface area contributed by atoms with E-state index in [-0.39, 0.29) is 5.75 Å². The number of benzene rings is 4. The number of aliphatic carboxylic acids is 1. The molecule has 44 heavy (non-hydrogen) atoms. The molecule has 0 unspecified atom stereocenters. The zero-order valence-electron chi connectivity index (χ0n) is 23.2. The van der Waals surface area contributed by atoms with Gasteiger partial charge in [-0.2, -0.15) is 18.3 Å². The predicted octanol–water partition coefficient (Wildman–Crippen LogP) is 8.12. The van der Waals surface area contributed by atoms with Gasteiger partial charge >= 0.3 is 11.5 Å². The molecule has 7 nitrogen and oxygen atoms in total. The molecular formula is C33H25F3N2O5S. The Bertz CT molecular complexity index is 1990. The van der Waals surface area contributed by atoms with Gasteiger partial charge in [-0.15, -0.1) is 0 Å². The highest BCUT2D eigenvalue weighted by molar-refractivity contribution is 7.92. The first-order valence-corrected chi connectivity index (χ1v) is 14.8. The molecule has 0 atom stereocenters. The molecule has 0 saturated heterocycles. The van der Waals surface area contributed by atoms with Gasteiger partial charge in [0.05, 0.1) is 16.6 Å². The summed E-state index contributed by atoms with van der Waals surface area (Å²) in [6.45, 7) is 2.02. The van der Waals surface area contributed by atoms with E-state index in [1.165, 1.54) is 18.2 Å². The van der Waals surface area contributed by atoms with Gasteiger partial charge in [0, 0.05) is 11.5 Å². The number of rotatable bonds is 9. The Balaban J connectivity index is 1.55. The number of halogens is 3. The van der Waals surface area contributed by atoms with E-state index in [2.05, 4.69) is 10.2 Å². The first kappa shape index (κ1) is 30.3. The number of carbonyl (C=O) groups is 1. The predicted molar refractivity (Wildman–Crippen MR) is 162 cm³/mol. The molecule has 0 aliphatic heterocycles. The number of carboxylic acids is 1. The maximum absolute atomic E-state index is 12.9. The van der Waals surface area contributed by atoms with Crippen LogP contribution in [0.4, 0.5) is 13.2 Å². The summed E-state index contributed by atoms with van der Waals surface area (Å²) in [5.41, 5.74) is 0.762. The summed E-state index contributed by atoms with van der Waals surface area (Å²) in [7, 11) is -5.47. The van der Waals surface area contributed by atoms with Crippen molar-refractivity contribution >= 4 is 43.9 Å². The van der Waals surface area contributed by atoms with E-state index >= 15 is 0 Å². The van der Waals surface area contributed by atoms with Gasteiger partial charge in [-0.05, 0) is 94.4 Å². The van der Waals surface area contributed by atoms with Crippen molar-refractivity contribution in [1.29, 1.82) is 0 Å². The number of nitrogens with one attached hydrogen (secondary N) is 1. The summed E-state index contributed by atoms with van der Waals surface area (Å²) in [6.07, 6.45) is 4.94. The molecule has 5 aromatic rings. The molecule has 1 aromatic heterocycles. The van der Waals surface area contributed by atoms with E-state index < -0.39 is 26.2 Å². The largest absolute Gasteiger partial charge is 0.501 e. The normalized spacial score (nSPS) is 12.8. The molecule has 4 aromatic carbocycles. The summed E-state index contributed by atoms with van der Waals surface area (Å²) >= 11 is 0. The number of fused-ring (bicyclic) bond motifs is 1. The lowest BCUT2D eigenvalue weighted by Gasteiger charge is -2.17. The zero-order valence-corrected chi connectivity index (χ0v) is 24.0. The molecule has 11 heteroatoms. The van der Waals surface area contributed by atoms with E-state index in [9.17, 15) is 26.4 Å². The number of aromatic nitrogens is 2. The first-order chi connectivity index (χ1) is 21.0. The van der Waals surface area contributed by atoms with Crippen molar-refractivity contribution in [2.75, 3.05) is 0 Å². The fraction of sp³-hybridized carbons (Fsp3) is 0.0909. The van der Waals surface area contributed by atoms with Crippen LogP contribution in [0, 0.1) is 0 Å². The number of aromatic amines is 1. The average Bonchev–Trinajstić information content (AvgIpc) is 3.47. The van der Waals surface area contributed by atoms with Crippen LogP contribution in [0.15, 0.2) is 108 Å². The van der Waals surface area contributed by atoms with Gasteiger partial charge in [-0.3, -0.25) is 5.10 Å². The monoisotopic (exact) mass is 618 g/mol. The summed E-state index contributed by atoms with van der Waals surface area (Å²) in [6, 6.07) is 24.7. The van der Waals surface area contributed by atoms with Crippen LogP contribution in [0.5, 0.6) is 11.5 Å². The van der Waals surface area contributed by atoms with Crippen molar-refractivity contribution in [3.63, 3.8) is 0 Å². The Hall–Kier alpha value is -5.16. The van der Waals surface area contributed by atoms with E-state index in [1.54, 1.807) is 24.4 Å². The number of allylic oxidation sites excluding steroid dienone is 1. The summed E-state index contributed by atoms with van der Waals surface area (Å²) < 4.78 is 68.1. The second kappa shape index (κ2) is 12.2. The molecule has 2 N–H and O–H groups in total. The highest BCUT2D eigenvalue weighted by atomic mass is 32.2. The van der Waals surface area contributed by atoms with E-state index in [1.807, 2.05) is 55.5 Å². The number of ether oxygens (including phenoxy) is 1. The van der Waals surface area contributed by atoms with Crippen LogP contribution in [-0.4, -0.2) is 35.2 Å². The zero-order chi connectivity index (χ0) is 31.5. The number of alkyl halides is 3. The Morgan fingerprint density at radius 2 is 1.61 bits per heavy atom. The lowest BCUT2D eigenvalue weighted by molar-refractivity contribution is -0.131. The van der Waals surface area contributed by atoms with Crippen LogP contribution < -0.4 is 4.74 Å². The molecule has 0 amide bonds. The summed E-state index contributed by atoms with van der Waals surface area (Å²) in [4.78, 5) is 10.1. The third kappa shape index (κ3) is 6.42. The molecule has 0 aliphatic rings. The van der Waals surface area contributed by atoms with Crippen LogP contribution in [0.3, 0.4) is 0 Å². The minimum Gasteiger partial charge on any atom is -0.478 e. The number of H-pyrrole nitrogens is 1. The van der Waals surface area contributed by atoms with Crippen molar-refractivity contribution in [3.8, 4) is 11.5 Å². The Labute approximate surface area is 250 Å². The fourth-order valence-corrected chi connectivity index (χ4v) is 5.53. The van der Waals surface area contributed by atoms with Crippen LogP contribution in [0.1, 0.15) is 35.6 Å². The molecule has 0 radical (unpaired) electrons. The van der Waals surface area contributed by atoms with Crippen molar-refractivity contribution in [1.82, 2.24) is 10.2 Å². The fourth-order valence-electron chi connectivity index (χ4n) is 4.77. The Kier molecular flexibility index (Phi) is 8.41. The van der Waals surface area contributed by atoms with Crippen molar-refractivity contribution in [2.45, 2.75) is 23.7 Å². The molecule has 0 fully saturated rings. The lowest BCUT2D eigenvalue weighted by atomic mass is 9.87. The van der Waals surface area contributed by atoms with Crippen molar-refractivity contribution in [3.05, 3.63) is 126 Å². The maximum atomic E-state index is 12.9. The van der Waals surface area contributed by atoms with Crippen LogP contribution >= 0.6 is 0 Å². The molecule has 0 aliphatic carbocycles. The lowest BCUT2D eigenvalue weighted by Crippen LogP contribution is -2.23. The third-order valence-corrected chi connectivity index (χ3v) is 8.36. The van der Waals surface area contributed by atoms with Crippen LogP contribution in [0.2, 0.25) is 0 Å². The average molecular weight is 619 g/mol. The molecule has 5 rings (SSSR count).